The van der Waals surface area contributed by atoms with Crippen LogP contribution in [0.15, 0.2) is 42.5 Å². The van der Waals surface area contributed by atoms with Crippen LogP contribution in [-0.4, -0.2) is 34.6 Å². The molecule has 0 aliphatic carbocycles. The Kier molecular flexibility index (Phi) is 7.95. The number of fused-ring (bicyclic) bond motifs is 1. The molecule has 4 rings (SSSR count). The van der Waals surface area contributed by atoms with Crippen LogP contribution >= 0.6 is 0 Å². The Hall–Kier alpha value is -3.48. The van der Waals surface area contributed by atoms with E-state index >= 15 is 0 Å². The van der Waals surface area contributed by atoms with Crippen molar-refractivity contribution in [1.29, 1.82) is 0 Å². The molecule has 1 unspecified atom stereocenters. The first-order valence-electron chi connectivity index (χ1n) is 12.6. The molecule has 35 heavy (non-hydrogen) atoms. The molecule has 7 heteroatoms. The third-order valence-corrected chi connectivity index (χ3v) is 6.87. The monoisotopic (exact) mass is 475 g/mol. The number of hydrogen-bond acceptors (Lipinski definition) is 4. The van der Waals surface area contributed by atoms with Gasteiger partial charge in [-0.05, 0) is 49.1 Å². The van der Waals surface area contributed by atoms with Gasteiger partial charge in [-0.3, -0.25) is 24.5 Å². The van der Waals surface area contributed by atoms with Crippen molar-refractivity contribution in [3.63, 3.8) is 0 Å². The van der Waals surface area contributed by atoms with E-state index in [0.717, 1.165) is 12.8 Å². The van der Waals surface area contributed by atoms with Gasteiger partial charge in [0.2, 0.25) is 11.8 Å². The summed E-state index contributed by atoms with van der Waals surface area (Å²) < 4.78 is 0. The molecule has 1 saturated heterocycles. The van der Waals surface area contributed by atoms with E-state index in [0.29, 0.717) is 28.8 Å². The highest BCUT2D eigenvalue weighted by atomic mass is 16.2. The first-order valence-corrected chi connectivity index (χ1v) is 12.6. The van der Waals surface area contributed by atoms with Gasteiger partial charge in [-0.25, -0.2) is 0 Å². The minimum absolute atomic E-state index is 0.203. The lowest BCUT2D eigenvalue weighted by atomic mass is 10.0. The van der Waals surface area contributed by atoms with Gasteiger partial charge in [-0.15, -0.1) is 0 Å². The van der Waals surface area contributed by atoms with E-state index in [2.05, 4.69) is 17.6 Å². The highest BCUT2D eigenvalue weighted by Crippen LogP contribution is 2.32. The molecular weight excluding hydrogens is 442 g/mol. The Bertz CT molecular complexity index is 1110. The van der Waals surface area contributed by atoms with Crippen molar-refractivity contribution >= 4 is 29.3 Å². The van der Waals surface area contributed by atoms with Gasteiger partial charge in [0, 0.05) is 35.3 Å². The summed E-state index contributed by atoms with van der Waals surface area (Å²) in [6, 6.07) is 12.2. The van der Waals surface area contributed by atoms with E-state index in [1.165, 1.54) is 42.6 Å². The van der Waals surface area contributed by atoms with Crippen LogP contribution in [-0.2, 0) is 22.6 Å². The normalized spacial score (nSPS) is 17.3. The summed E-state index contributed by atoms with van der Waals surface area (Å²) in [7, 11) is 0. The highest BCUT2D eigenvalue weighted by Gasteiger charge is 2.39. The molecule has 184 valence electrons. The standard InChI is InChI=1S/C28H33N3O4/c1-2-3-4-5-6-7-9-19-12-14-20(15-13-19)26(33)29-23-11-8-10-21-22(23)18-31(28(21)35)24-16-17-25(32)30-27(24)34/h8,10-15,24H,2-7,9,16-18H2,1H3,(H,29,33)(H,30,32,34). The van der Waals surface area contributed by atoms with E-state index in [9.17, 15) is 19.2 Å². The topological polar surface area (TPSA) is 95.6 Å². The fourth-order valence-corrected chi connectivity index (χ4v) is 4.83. The Labute approximate surface area is 206 Å². The fraction of sp³-hybridized carbons (Fsp3) is 0.429. The van der Waals surface area contributed by atoms with Crippen LogP contribution in [0.25, 0.3) is 0 Å². The fourth-order valence-electron chi connectivity index (χ4n) is 4.83. The smallest absolute Gasteiger partial charge is 0.255 e. The Morgan fingerprint density at radius 1 is 1.00 bits per heavy atom. The van der Waals surface area contributed by atoms with Gasteiger partial charge in [0.05, 0.1) is 0 Å². The quantitative estimate of drug-likeness (QED) is 0.388. The number of benzene rings is 2. The summed E-state index contributed by atoms with van der Waals surface area (Å²) in [5.41, 5.74) is 3.51. The average molecular weight is 476 g/mol. The van der Waals surface area contributed by atoms with Gasteiger partial charge in [-0.2, -0.15) is 0 Å². The molecule has 0 spiro atoms. The third-order valence-electron chi connectivity index (χ3n) is 6.87. The number of anilines is 1. The number of unbranched alkanes of at least 4 members (excludes halogenated alkanes) is 5. The van der Waals surface area contributed by atoms with Crippen molar-refractivity contribution in [2.75, 3.05) is 5.32 Å². The Morgan fingerprint density at radius 3 is 2.49 bits per heavy atom. The molecule has 2 aliphatic heterocycles. The van der Waals surface area contributed by atoms with E-state index in [-0.39, 0.29) is 30.7 Å². The number of aryl methyl sites for hydroxylation is 1. The summed E-state index contributed by atoms with van der Waals surface area (Å²) in [6.07, 6.45) is 9.04. The summed E-state index contributed by atoms with van der Waals surface area (Å²) in [5.74, 6) is -1.27. The molecule has 2 heterocycles. The molecule has 0 radical (unpaired) electrons. The number of rotatable bonds is 10. The first-order chi connectivity index (χ1) is 17.0. The van der Waals surface area contributed by atoms with Crippen LogP contribution in [0.2, 0.25) is 0 Å². The SMILES string of the molecule is CCCCCCCCc1ccc(C(=O)Nc2cccc3c2CN(C2CCC(=O)NC2=O)C3=O)cc1. The van der Waals surface area contributed by atoms with Crippen molar-refractivity contribution in [3.8, 4) is 0 Å². The molecule has 1 fully saturated rings. The molecule has 0 bridgehead atoms. The van der Waals surface area contributed by atoms with Gasteiger partial charge < -0.3 is 10.2 Å². The maximum absolute atomic E-state index is 13.0. The minimum Gasteiger partial charge on any atom is -0.322 e. The molecular formula is C28H33N3O4. The van der Waals surface area contributed by atoms with Crippen LogP contribution in [0.4, 0.5) is 5.69 Å². The van der Waals surface area contributed by atoms with Gasteiger partial charge in [0.25, 0.3) is 11.8 Å². The molecule has 1 atom stereocenters. The number of nitrogens with zero attached hydrogens (tertiary/aromatic N) is 1. The van der Waals surface area contributed by atoms with Crippen molar-refractivity contribution in [3.05, 3.63) is 64.7 Å². The molecule has 2 aliphatic rings. The Morgan fingerprint density at radius 2 is 1.74 bits per heavy atom. The summed E-state index contributed by atoms with van der Waals surface area (Å²) >= 11 is 0. The Balaban J connectivity index is 1.37. The largest absolute Gasteiger partial charge is 0.322 e. The van der Waals surface area contributed by atoms with Gasteiger partial charge in [-0.1, -0.05) is 57.2 Å². The van der Waals surface area contributed by atoms with Crippen LogP contribution in [0.5, 0.6) is 0 Å². The van der Waals surface area contributed by atoms with Crippen LogP contribution in [0.3, 0.4) is 0 Å². The minimum atomic E-state index is -0.685. The highest BCUT2D eigenvalue weighted by molar-refractivity contribution is 6.08. The van der Waals surface area contributed by atoms with Crippen molar-refractivity contribution < 1.29 is 19.2 Å². The van der Waals surface area contributed by atoms with Crippen LogP contribution < -0.4 is 10.6 Å². The van der Waals surface area contributed by atoms with Gasteiger partial charge in [0.15, 0.2) is 0 Å². The predicted octanol–water partition coefficient (Wildman–Crippen LogP) is 4.60. The van der Waals surface area contributed by atoms with E-state index in [4.69, 9.17) is 0 Å². The van der Waals surface area contributed by atoms with Crippen molar-refractivity contribution in [2.24, 2.45) is 0 Å². The average Bonchev–Trinajstić information content (AvgIpc) is 3.19. The molecule has 0 aromatic heterocycles. The number of imide groups is 1. The number of piperidine rings is 1. The summed E-state index contributed by atoms with van der Waals surface area (Å²) in [4.78, 5) is 51.2. The lowest BCUT2D eigenvalue weighted by Gasteiger charge is -2.29. The number of nitrogens with one attached hydrogen (secondary N) is 2. The van der Waals surface area contributed by atoms with E-state index in [1.807, 2.05) is 24.3 Å². The maximum Gasteiger partial charge on any atom is 0.255 e. The molecule has 0 saturated carbocycles. The van der Waals surface area contributed by atoms with Gasteiger partial charge >= 0.3 is 0 Å². The molecule has 2 aromatic rings. The predicted molar refractivity (Wildman–Crippen MR) is 134 cm³/mol. The molecule has 4 amide bonds. The number of hydrogen-bond donors (Lipinski definition) is 2. The molecule has 2 N–H and O–H groups in total. The second kappa shape index (κ2) is 11.3. The zero-order valence-electron chi connectivity index (χ0n) is 20.3. The zero-order valence-corrected chi connectivity index (χ0v) is 20.3. The summed E-state index contributed by atoms with van der Waals surface area (Å²) in [6.45, 7) is 2.44. The summed E-state index contributed by atoms with van der Waals surface area (Å²) in [5, 5.41) is 5.25. The van der Waals surface area contributed by atoms with Crippen LogP contribution in [0, 0.1) is 0 Å². The van der Waals surface area contributed by atoms with Crippen molar-refractivity contribution in [2.45, 2.75) is 77.3 Å². The second-order valence-corrected chi connectivity index (χ2v) is 9.40. The van der Waals surface area contributed by atoms with Gasteiger partial charge in [0.1, 0.15) is 6.04 Å². The molecule has 7 nitrogen and oxygen atoms in total. The van der Waals surface area contributed by atoms with E-state index in [1.54, 1.807) is 18.2 Å². The first kappa shape index (κ1) is 24.6. The van der Waals surface area contributed by atoms with Crippen molar-refractivity contribution in [1.82, 2.24) is 10.2 Å². The van der Waals surface area contributed by atoms with E-state index < -0.39 is 11.9 Å². The number of carbonyl (C=O) groups excluding carboxylic acids is 4. The van der Waals surface area contributed by atoms with Crippen LogP contribution in [0.1, 0.15) is 90.1 Å². The number of carbonyl (C=O) groups is 4. The lowest BCUT2D eigenvalue weighted by molar-refractivity contribution is -0.136. The maximum atomic E-state index is 13.0. The molecule has 2 aromatic carbocycles. The third kappa shape index (κ3) is 5.78. The lowest BCUT2D eigenvalue weighted by Crippen LogP contribution is -2.52. The zero-order chi connectivity index (χ0) is 24.8. The second-order valence-electron chi connectivity index (χ2n) is 9.40. The number of amides is 4.